The molecule has 1 aliphatic rings. The molecule has 1 atom stereocenters. The second kappa shape index (κ2) is 10.3. The number of aryl methyl sites for hydroxylation is 2. The number of nitrogens with one attached hydrogen (secondary N) is 2. The largest absolute Gasteiger partial charge is 0.356 e. The van der Waals surface area contributed by atoms with E-state index in [1.165, 1.54) is 44.3 Å². The lowest BCUT2D eigenvalue weighted by Gasteiger charge is -2.33. The number of guanidine groups is 1. The Morgan fingerprint density at radius 2 is 2.08 bits per heavy atom. The molecule has 1 fully saturated rings. The van der Waals surface area contributed by atoms with Crippen LogP contribution in [-0.4, -0.2) is 59.9 Å². The van der Waals surface area contributed by atoms with Crippen LogP contribution in [0.3, 0.4) is 0 Å². The Hall–Kier alpha value is -1.56. The molecule has 1 aliphatic heterocycles. The van der Waals surface area contributed by atoms with Gasteiger partial charge < -0.3 is 15.5 Å². The van der Waals surface area contributed by atoms with E-state index in [2.05, 4.69) is 38.7 Å². The minimum absolute atomic E-state index is 0.753. The molecule has 0 bridgehead atoms. The van der Waals surface area contributed by atoms with E-state index < -0.39 is 0 Å². The Labute approximate surface area is 146 Å². The molecule has 1 saturated heterocycles. The Balaban J connectivity index is 1.53. The van der Waals surface area contributed by atoms with Crippen molar-refractivity contribution >= 4 is 5.96 Å². The molecule has 6 heteroatoms. The predicted molar refractivity (Wildman–Crippen MR) is 100 cm³/mol. The predicted octanol–water partition coefficient (Wildman–Crippen LogP) is 1.78. The first-order chi connectivity index (χ1) is 11.7. The smallest absolute Gasteiger partial charge is 0.190 e. The molecular formula is C18H34N6. The maximum atomic E-state index is 4.30. The van der Waals surface area contributed by atoms with E-state index in [-0.39, 0.29) is 0 Å². The Morgan fingerprint density at radius 1 is 1.29 bits per heavy atom. The van der Waals surface area contributed by atoms with E-state index in [4.69, 9.17) is 0 Å². The molecule has 136 valence electrons. The van der Waals surface area contributed by atoms with Crippen LogP contribution in [0.1, 0.15) is 44.6 Å². The summed E-state index contributed by atoms with van der Waals surface area (Å²) in [5.74, 6) is 0.910. The van der Waals surface area contributed by atoms with Crippen molar-refractivity contribution < 1.29 is 0 Å². The molecule has 0 radical (unpaired) electrons. The molecule has 2 N–H and O–H groups in total. The SMILES string of the molecule is CN=C(NCCCc1cnn(C)c1)NCCCN1CCCCC1C. The summed E-state index contributed by atoms with van der Waals surface area (Å²) in [5, 5.41) is 11.0. The topological polar surface area (TPSA) is 57.5 Å². The Kier molecular flexibility index (Phi) is 8.08. The summed E-state index contributed by atoms with van der Waals surface area (Å²) in [4.78, 5) is 6.92. The van der Waals surface area contributed by atoms with E-state index >= 15 is 0 Å². The van der Waals surface area contributed by atoms with Crippen LogP contribution in [-0.2, 0) is 13.5 Å². The summed E-state index contributed by atoms with van der Waals surface area (Å²) in [5.41, 5.74) is 1.29. The fourth-order valence-electron chi connectivity index (χ4n) is 3.30. The highest BCUT2D eigenvalue weighted by Gasteiger charge is 2.16. The molecule has 0 saturated carbocycles. The number of piperidine rings is 1. The zero-order chi connectivity index (χ0) is 17.2. The lowest BCUT2D eigenvalue weighted by atomic mass is 10.0. The molecule has 2 heterocycles. The van der Waals surface area contributed by atoms with Crippen LogP contribution in [0.5, 0.6) is 0 Å². The van der Waals surface area contributed by atoms with E-state index in [9.17, 15) is 0 Å². The lowest BCUT2D eigenvalue weighted by molar-refractivity contribution is 0.159. The third kappa shape index (κ3) is 6.51. The van der Waals surface area contributed by atoms with Gasteiger partial charge in [0.25, 0.3) is 0 Å². The monoisotopic (exact) mass is 334 g/mol. The summed E-state index contributed by atoms with van der Waals surface area (Å²) < 4.78 is 1.85. The molecule has 2 rings (SSSR count). The molecule has 6 nitrogen and oxygen atoms in total. The van der Waals surface area contributed by atoms with Crippen molar-refractivity contribution in [1.82, 2.24) is 25.3 Å². The molecule has 24 heavy (non-hydrogen) atoms. The van der Waals surface area contributed by atoms with Crippen molar-refractivity contribution in [2.24, 2.45) is 12.0 Å². The molecule has 0 aromatic carbocycles. The van der Waals surface area contributed by atoms with Crippen LogP contribution in [0.15, 0.2) is 17.4 Å². The molecule has 0 amide bonds. The summed E-state index contributed by atoms with van der Waals surface area (Å²) in [6, 6.07) is 0.753. The van der Waals surface area contributed by atoms with Gasteiger partial charge in [-0.15, -0.1) is 0 Å². The Bertz CT molecular complexity index is 495. The molecule has 1 aromatic rings. The average molecular weight is 335 g/mol. The highest BCUT2D eigenvalue weighted by Crippen LogP contribution is 2.15. The average Bonchev–Trinajstić information content (AvgIpc) is 3.00. The molecular weight excluding hydrogens is 300 g/mol. The van der Waals surface area contributed by atoms with Crippen molar-refractivity contribution in [3.8, 4) is 0 Å². The van der Waals surface area contributed by atoms with Gasteiger partial charge in [0.15, 0.2) is 5.96 Å². The number of aliphatic imine (C=N–C) groups is 1. The summed E-state index contributed by atoms with van der Waals surface area (Å²) in [6.45, 7) is 6.72. The van der Waals surface area contributed by atoms with Crippen LogP contribution < -0.4 is 10.6 Å². The highest BCUT2D eigenvalue weighted by molar-refractivity contribution is 5.79. The van der Waals surface area contributed by atoms with Gasteiger partial charge in [-0.2, -0.15) is 5.10 Å². The quantitative estimate of drug-likeness (QED) is 0.432. The summed E-state index contributed by atoms with van der Waals surface area (Å²) in [7, 11) is 3.79. The van der Waals surface area contributed by atoms with E-state index in [1.807, 2.05) is 25.0 Å². The van der Waals surface area contributed by atoms with Gasteiger partial charge >= 0.3 is 0 Å². The number of hydrogen-bond donors (Lipinski definition) is 2. The van der Waals surface area contributed by atoms with Crippen molar-refractivity contribution in [3.63, 3.8) is 0 Å². The van der Waals surface area contributed by atoms with Gasteiger partial charge in [0.05, 0.1) is 6.20 Å². The van der Waals surface area contributed by atoms with Crippen LogP contribution in [0, 0.1) is 0 Å². The van der Waals surface area contributed by atoms with Crippen molar-refractivity contribution in [2.75, 3.05) is 33.2 Å². The lowest BCUT2D eigenvalue weighted by Crippen LogP contribution is -2.41. The third-order valence-corrected chi connectivity index (χ3v) is 4.77. The van der Waals surface area contributed by atoms with Gasteiger partial charge in [0.2, 0.25) is 0 Å². The standard InChI is InChI=1S/C18H34N6/c1-16-8-4-5-12-24(16)13-7-11-21-18(19-2)20-10-6-9-17-14-22-23(3)15-17/h14-16H,4-13H2,1-3H3,(H2,19,20,21). The van der Waals surface area contributed by atoms with Crippen molar-refractivity contribution in [1.29, 1.82) is 0 Å². The maximum absolute atomic E-state index is 4.30. The first-order valence-corrected chi connectivity index (χ1v) is 9.35. The molecule has 0 spiro atoms. The number of hydrogen-bond acceptors (Lipinski definition) is 3. The van der Waals surface area contributed by atoms with Gasteiger partial charge in [-0.3, -0.25) is 9.67 Å². The fourth-order valence-corrected chi connectivity index (χ4v) is 3.30. The van der Waals surface area contributed by atoms with E-state index in [0.29, 0.717) is 0 Å². The van der Waals surface area contributed by atoms with Crippen molar-refractivity contribution in [2.45, 2.75) is 51.5 Å². The van der Waals surface area contributed by atoms with E-state index in [0.717, 1.165) is 37.9 Å². The third-order valence-electron chi connectivity index (χ3n) is 4.77. The van der Waals surface area contributed by atoms with Crippen LogP contribution in [0.4, 0.5) is 0 Å². The molecule has 1 aromatic heterocycles. The van der Waals surface area contributed by atoms with Gasteiger partial charge in [-0.25, -0.2) is 0 Å². The summed E-state index contributed by atoms with van der Waals surface area (Å²) >= 11 is 0. The summed E-state index contributed by atoms with van der Waals surface area (Å²) in [6.07, 6.45) is 11.4. The van der Waals surface area contributed by atoms with Crippen molar-refractivity contribution in [3.05, 3.63) is 18.0 Å². The number of rotatable bonds is 8. The normalized spacial score (nSPS) is 19.5. The van der Waals surface area contributed by atoms with Gasteiger partial charge in [0.1, 0.15) is 0 Å². The molecule has 1 unspecified atom stereocenters. The number of nitrogens with zero attached hydrogens (tertiary/aromatic N) is 4. The maximum Gasteiger partial charge on any atom is 0.190 e. The number of aromatic nitrogens is 2. The minimum Gasteiger partial charge on any atom is -0.356 e. The van der Waals surface area contributed by atoms with Gasteiger partial charge in [-0.1, -0.05) is 6.42 Å². The zero-order valence-electron chi connectivity index (χ0n) is 15.6. The second-order valence-electron chi connectivity index (χ2n) is 6.79. The Morgan fingerprint density at radius 3 is 2.75 bits per heavy atom. The fraction of sp³-hybridized carbons (Fsp3) is 0.778. The first kappa shape index (κ1) is 18.8. The number of likely N-dealkylation sites (tertiary alicyclic amines) is 1. The van der Waals surface area contributed by atoms with Crippen LogP contribution in [0.2, 0.25) is 0 Å². The highest BCUT2D eigenvalue weighted by atomic mass is 15.2. The first-order valence-electron chi connectivity index (χ1n) is 9.35. The van der Waals surface area contributed by atoms with E-state index in [1.54, 1.807) is 0 Å². The van der Waals surface area contributed by atoms with Crippen LogP contribution in [0.25, 0.3) is 0 Å². The second-order valence-corrected chi connectivity index (χ2v) is 6.79. The van der Waals surface area contributed by atoms with Gasteiger partial charge in [0, 0.05) is 46.0 Å². The zero-order valence-corrected chi connectivity index (χ0v) is 15.6. The van der Waals surface area contributed by atoms with Crippen LogP contribution >= 0.6 is 0 Å². The van der Waals surface area contributed by atoms with Gasteiger partial charge in [-0.05, 0) is 51.1 Å². The molecule has 0 aliphatic carbocycles. The minimum atomic E-state index is 0.753.